The van der Waals surface area contributed by atoms with Gasteiger partial charge in [-0.25, -0.2) is 4.79 Å². The lowest BCUT2D eigenvalue weighted by molar-refractivity contribution is -0.136. The lowest BCUT2D eigenvalue weighted by Crippen LogP contribution is -2.34. The minimum atomic E-state index is -0.907. The Bertz CT molecular complexity index is 1100. The summed E-state index contributed by atoms with van der Waals surface area (Å²) in [7, 11) is 1.49. The van der Waals surface area contributed by atoms with E-state index in [0.29, 0.717) is 23.6 Å². The van der Waals surface area contributed by atoms with Crippen LogP contribution in [0.5, 0.6) is 0 Å². The number of esters is 1. The largest absolute Gasteiger partial charge is 0.462 e. The Kier molecular flexibility index (Phi) is 10.0. The molecule has 178 valence electrons. The molecule has 3 amide bonds. The van der Waals surface area contributed by atoms with E-state index in [0.717, 1.165) is 0 Å². The number of rotatable bonds is 10. The van der Waals surface area contributed by atoms with Gasteiger partial charge in [-0.15, -0.1) is 0 Å². The standard InChI is InChI=1S/C23H24N4O7/c1-3-33-23(31)15-4-6-17(7-5-15)27-22(30)21(29)26-14-19-9-8-18(34-19)12-16(13-24)20(28)25-10-11-32-2/h4-9,12H,3,10-11,14H2,1-2H3,(H,25,28)(H,26,29)(H,27,30)/b16-12-. The molecule has 0 bridgehead atoms. The molecule has 0 fully saturated rings. The average molecular weight is 468 g/mol. The summed E-state index contributed by atoms with van der Waals surface area (Å²) in [5.41, 5.74) is 0.486. The molecular formula is C23H24N4O7. The summed E-state index contributed by atoms with van der Waals surface area (Å²) in [4.78, 5) is 47.8. The third kappa shape index (κ3) is 7.92. The summed E-state index contributed by atoms with van der Waals surface area (Å²) in [5.74, 6) is -2.33. The van der Waals surface area contributed by atoms with Crippen LogP contribution in [0.25, 0.3) is 6.08 Å². The zero-order chi connectivity index (χ0) is 24.9. The summed E-state index contributed by atoms with van der Waals surface area (Å²) < 4.78 is 15.2. The van der Waals surface area contributed by atoms with Gasteiger partial charge in [0.15, 0.2) is 0 Å². The minimum absolute atomic E-state index is 0.0934. The molecule has 1 heterocycles. The SMILES string of the molecule is CCOC(=O)c1ccc(NC(=O)C(=O)NCc2ccc(/C=C(/C#N)C(=O)NCCOC)o2)cc1. The molecule has 0 atom stereocenters. The summed E-state index contributed by atoms with van der Waals surface area (Å²) in [6, 6.07) is 10.7. The van der Waals surface area contributed by atoms with Gasteiger partial charge >= 0.3 is 17.8 Å². The van der Waals surface area contributed by atoms with E-state index in [1.54, 1.807) is 13.0 Å². The van der Waals surface area contributed by atoms with E-state index in [1.165, 1.54) is 49.6 Å². The van der Waals surface area contributed by atoms with Crippen molar-refractivity contribution in [2.75, 3.05) is 32.2 Å². The van der Waals surface area contributed by atoms with E-state index in [2.05, 4.69) is 16.0 Å². The summed E-state index contributed by atoms with van der Waals surface area (Å²) in [5, 5.41) is 16.5. The van der Waals surface area contributed by atoms with Gasteiger partial charge in [0.05, 0.1) is 25.3 Å². The van der Waals surface area contributed by atoms with Crippen LogP contribution >= 0.6 is 0 Å². The first kappa shape index (κ1) is 25.8. The number of hydrogen-bond donors (Lipinski definition) is 3. The van der Waals surface area contributed by atoms with Crippen molar-refractivity contribution < 1.29 is 33.1 Å². The molecule has 2 aromatic rings. The maximum absolute atomic E-state index is 12.1. The molecule has 2 rings (SSSR count). The molecule has 34 heavy (non-hydrogen) atoms. The lowest BCUT2D eigenvalue weighted by atomic mass is 10.2. The van der Waals surface area contributed by atoms with Crippen LogP contribution < -0.4 is 16.0 Å². The highest BCUT2D eigenvalue weighted by Crippen LogP contribution is 2.13. The first-order chi connectivity index (χ1) is 16.4. The molecule has 0 radical (unpaired) electrons. The van der Waals surface area contributed by atoms with Crippen LogP contribution in [0.1, 0.15) is 28.8 Å². The first-order valence-electron chi connectivity index (χ1n) is 10.2. The Labute approximate surface area is 195 Å². The highest BCUT2D eigenvalue weighted by atomic mass is 16.5. The van der Waals surface area contributed by atoms with Crippen molar-refractivity contribution in [3.05, 3.63) is 59.1 Å². The molecule has 0 saturated carbocycles. The fraction of sp³-hybridized carbons (Fsp3) is 0.261. The van der Waals surface area contributed by atoms with Gasteiger partial charge < -0.3 is 29.8 Å². The molecule has 0 spiro atoms. The number of nitriles is 1. The summed E-state index contributed by atoms with van der Waals surface area (Å²) >= 11 is 0. The Hall–Kier alpha value is -4.43. The van der Waals surface area contributed by atoms with Crippen molar-refractivity contribution in [3.8, 4) is 6.07 Å². The maximum atomic E-state index is 12.1. The molecule has 0 unspecified atom stereocenters. The van der Waals surface area contributed by atoms with Gasteiger partial charge in [0.1, 0.15) is 23.2 Å². The number of carbonyl (C=O) groups excluding carboxylic acids is 4. The van der Waals surface area contributed by atoms with E-state index in [-0.39, 0.29) is 31.0 Å². The Morgan fingerprint density at radius 1 is 1.03 bits per heavy atom. The highest BCUT2D eigenvalue weighted by molar-refractivity contribution is 6.39. The summed E-state index contributed by atoms with van der Waals surface area (Å²) in [6.45, 7) is 2.40. The van der Waals surface area contributed by atoms with Gasteiger partial charge in [0.25, 0.3) is 5.91 Å². The number of furan rings is 1. The number of carbonyl (C=O) groups is 4. The van der Waals surface area contributed by atoms with Crippen molar-refractivity contribution in [2.45, 2.75) is 13.5 Å². The van der Waals surface area contributed by atoms with Crippen LogP contribution in [0.3, 0.4) is 0 Å². The van der Waals surface area contributed by atoms with Gasteiger partial charge in [-0.2, -0.15) is 5.26 Å². The topological polar surface area (TPSA) is 160 Å². The molecule has 0 aliphatic heterocycles. The fourth-order valence-corrected chi connectivity index (χ4v) is 2.56. The molecule has 0 aliphatic rings. The number of nitrogens with one attached hydrogen (secondary N) is 3. The number of amides is 3. The zero-order valence-electron chi connectivity index (χ0n) is 18.7. The number of anilines is 1. The molecular weight excluding hydrogens is 444 g/mol. The minimum Gasteiger partial charge on any atom is -0.462 e. The molecule has 1 aromatic heterocycles. The number of ether oxygens (including phenoxy) is 2. The lowest BCUT2D eigenvalue weighted by Gasteiger charge is -2.07. The van der Waals surface area contributed by atoms with E-state index < -0.39 is 23.7 Å². The smallest absolute Gasteiger partial charge is 0.338 e. The Balaban J connectivity index is 1.88. The number of hydrogen-bond acceptors (Lipinski definition) is 8. The molecule has 3 N–H and O–H groups in total. The maximum Gasteiger partial charge on any atom is 0.338 e. The van der Waals surface area contributed by atoms with Crippen molar-refractivity contribution in [1.29, 1.82) is 5.26 Å². The second-order valence-corrected chi connectivity index (χ2v) is 6.66. The van der Waals surface area contributed by atoms with Gasteiger partial charge in [0, 0.05) is 25.4 Å². The molecule has 1 aromatic carbocycles. The van der Waals surface area contributed by atoms with Crippen molar-refractivity contribution in [2.24, 2.45) is 0 Å². The Morgan fingerprint density at radius 2 is 1.76 bits per heavy atom. The van der Waals surface area contributed by atoms with Gasteiger partial charge in [-0.3, -0.25) is 14.4 Å². The predicted octanol–water partition coefficient (Wildman–Crippen LogP) is 1.38. The predicted molar refractivity (Wildman–Crippen MR) is 120 cm³/mol. The van der Waals surface area contributed by atoms with Crippen molar-refractivity contribution >= 4 is 35.5 Å². The monoisotopic (exact) mass is 468 g/mol. The number of nitrogens with zero attached hydrogens (tertiary/aromatic N) is 1. The van der Waals surface area contributed by atoms with Crippen LogP contribution in [0, 0.1) is 11.3 Å². The molecule has 0 aliphatic carbocycles. The van der Waals surface area contributed by atoms with E-state index >= 15 is 0 Å². The Morgan fingerprint density at radius 3 is 2.41 bits per heavy atom. The van der Waals surface area contributed by atoms with E-state index in [9.17, 15) is 19.2 Å². The van der Waals surface area contributed by atoms with E-state index in [1.807, 2.05) is 0 Å². The normalized spacial score (nSPS) is 10.7. The average Bonchev–Trinajstić information content (AvgIpc) is 3.29. The summed E-state index contributed by atoms with van der Waals surface area (Å²) in [6.07, 6.45) is 1.26. The second kappa shape index (κ2) is 13.2. The van der Waals surface area contributed by atoms with Crippen molar-refractivity contribution in [1.82, 2.24) is 10.6 Å². The fourth-order valence-electron chi connectivity index (χ4n) is 2.56. The van der Waals surface area contributed by atoms with Gasteiger partial charge in [-0.05, 0) is 43.3 Å². The van der Waals surface area contributed by atoms with Crippen LogP contribution in [-0.4, -0.2) is 50.6 Å². The quantitative estimate of drug-likeness (QED) is 0.155. The molecule has 11 heteroatoms. The van der Waals surface area contributed by atoms with Gasteiger partial charge in [-0.1, -0.05) is 0 Å². The number of benzene rings is 1. The van der Waals surface area contributed by atoms with Crippen LogP contribution in [0.4, 0.5) is 5.69 Å². The third-order valence-electron chi connectivity index (χ3n) is 4.21. The number of methoxy groups -OCH3 is 1. The van der Waals surface area contributed by atoms with Crippen LogP contribution in [0.15, 0.2) is 46.4 Å². The van der Waals surface area contributed by atoms with Crippen LogP contribution in [0.2, 0.25) is 0 Å². The highest BCUT2D eigenvalue weighted by Gasteiger charge is 2.15. The third-order valence-corrected chi connectivity index (χ3v) is 4.21. The molecule has 11 nitrogen and oxygen atoms in total. The molecule has 0 saturated heterocycles. The first-order valence-corrected chi connectivity index (χ1v) is 10.2. The second-order valence-electron chi connectivity index (χ2n) is 6.66. The van der Waals surface area contributed by atoms with Crippen molar-refractivity contribution in [3.63, 3.8) is 0 Å². The van der Waals surface area contributed by atoms with Crippen LogP contribution in [-0.2, 0) is 30.4 Å². The van der Waals surface area contributed by atoms with E-state index in [4.69, 9.17) is 19.2 Å². The van der Waals surface area contributed by atoms with Gasteiger partial charge in [0.2, 0.25) is 0 Å². The zero-order valence-corrected chi connectivity index (χ0v) is 18.7.